The van der Waals surface area contributed by atoms with Crippen LogP contribution in [0.25, 0.3) is 0 Å². The largest absolute Gasteiger partial charge is 0.368 e. The quantitative estimate of drug-likeness (QED) is 0.549. The van der Waals surface area contributed by atoms with Crippen molar-refractivity contribution in [3.8, 4) is 0 Å². The highest BCUT2D eigenvalue weighted by Crippen LogP contribution is 2.36. The lowest BCUT2D eigenvalue weighted by Crippen LogP contribution is -2.61. The molecule has 0 aromatic rings. The summed E-state index contributed by atoms with van der Waals surface area (Å²) in [4.78, 5) is 23.9. The third-order valence-corrected chi connectivity index (χ3v) is 2.82. The van der Waals surface area contributed by atoms with Gasteiger partial charge in [0.15, 0.2) is 0 Å². The van der Waals surface area contributed by atoms with Gasteiger partial charge < -0.3 is 16.4 Å². The first-order chi connectivity index (χ1) is 6.04. The summed E-state index contributed by atoms with van der Waals surface area (Å²) in [6.07, 6.45) is 2.14. The molecule has 13 heavy (non-hydrogen) atoms. The molecule has 1 atom stereocenters. The molecule has 1 unspecified atom stereocenters. The first-order valence-corrected chi connectivity index (χ1v) is 4.44. The Labute approximate surface area is 76.0 Å². The van der Waals surface area contributed by atoms with Gasteiger partial charge in [0.25, 0.3) is 0 Å². The number of carbonyl (C=O) groups is 2. The zero-order valence-electron chi connectivity index (χ0n) is 7.32. The number of hydrogen-bond acceptors (Lipinski definition) is 3. The number of primary amides is 1. The SMILES string of the molecule is NC(=O)C1CCN1C(=O)C1(N)CC1. The Morgan fingerprint density at radius 3 is 2.31 bits per heavy atom. The molecule has 72 valence electrons. The van der Waals surface area contributed by atoms with E-state index in [9.17, 15) is 9.59 Å². The van der Waals surface area contributed by atoms with E-state index in [1.54, 1.807) is 0 Å². The molecule has 0 radical (unpaired) electrons. The lowest BCUT2D eigenvalue weighted by atomic mass is 10.0. The molecule has 2 rings (SSSR count). The van der Waals surface area contributed by atoms with Crippen molar-refractivity contribution < 1.29 is 9.59 Å². The van der Waals surface area contributed by atoms with Crippen LogP contribution in [0.2, 0.25) is 0 Å². The Balaban J connectivity index is 2.02. The number of rotatable bonds is 2. The molecule has 2 amide bonds. The van der Waals surface area contributed by atoms with Crippen molar-refractivity contribution in [3.63, 3.8) is 0 Å². The number of amides is 2. The van der Waals surface area contributed by atoms with Crippen LogP contribution in [0.3, 0.4) is 0 Å². The van der Waals surface area contributed by atoms with Gasteiger partial charge in [-0.3, -0.25) is 9.59 Å². The maximum Gasteiger partial charge on any atom is 0.243 e. The molecule has 0 bridgehead atoms. The summed E-state index contributed by atoms with van der Waals surface area (Å²) in [6, 6.07) is -0.409. The highest BCUT2D eigenvalue weighted by molar-refractivity contribution is 5.94. The fourth-order valence-electron chi connectivity index (χ4n) is 1.56. The Kier molecular flexibility index (Phi) is 1.60. The Morgan fingerprint density at radius 2 is 2.00 bits per heavy atom. The molecule has 2 aliphatic rings. The van der Waals surface area contributed by atoms with E-state index in [2.05, 4.69) is 0 Å². The molecule has 0 aromatic heterocycles. The summed E-state index contributed by atoms with van der Waals surface area (Å²) in [5, 5.41) is 0. The van der Waals surface area contributed by atoms with Gasteiger partial charge in [-0.25, -0.2) is 0 Å². The third kappa shape index (κ3) is 1.19. The van der Waals surface area contributed by atoms with Crippen LogP contribution in [0, 0.1) is 0 Å². The Hall–Kier alpha value is -1.10. The molecule has 1 saturated heterocycles. The summed E-state index contributed by atoms with van der Waals surface area (Å²) in [7, 11) is 0. The molecule has 2 fully saturated rings. The van der Waals surface area contributed by atoms with E-state index < -0.39 is 17.5 Å². The fourth-order valence-corrected chi connectivity index (χ4v) is 1.56. The van der Waals surface area contributed by atoms with Crippen LogP contribution in [0.5, 0.6) is 0 Å². The van der Waals surface area contributed by atoms with Crippen LogP contribution >= 0.6 is 0 Å². The van der Waals surface area contributed by atoms with Gasteiger partial charge in [0, 0.05) is 6.54 Å². The molecule has 1 heterocycles. The van der Waals surface area contributed by atoms with Crippen molar-refractivity contribution in [2.45, 2.75) is 30.8 Å². The lowest BCUT2D eigenvalue weighted by Gasteiger charge is -2.40. The molecule has 4 N–H and O–H groups in total. The first kappa shape index (κ1) is 8.50. The Morgan fingerprint density at radius 1 is 1.38 bits per heavy atom. The van der Waals surface area contributed by atoms with Gasteiger partial charge in [-0.05, 0) is 19.3 Å². The van der Waals surface area contributed by atoms with Gasteiger partial charge in [-0.2, -0.15) is 0 Å². The predicted octanol–water partition coefficient (Wildman–Crippen LogP) is -1.44. The summed E-state index contributed by atoms with van der Waals surface area (Å²) < 4.78 is 0. The molecule has 5 nitrogen and oxygen atoms in total. The maximum atomic E-state index is 11.6. The number of likely N-dealkylation sites (tertiary alicyclic amines) is 1. The number of hydrogen-bond donors (Lipinski definition) is 2. The van der Waals surface area contributed by atoms with Crippen LogP contribution in [-0.2, 0) is 9.59 Å². The van der Waals surface area contributed by atoms with E-state index in [0.717, 1.165) is 12.8 Å². The second-order valence-corrected chi connectivity index (χ2v) is 3.86. The zero-order valence-corrected chi connectivity index (χ0v) is 7.32. The van der Waals surface area contributed by atoms with Gasteiger partial charge in [-0.1, -0.05) is 0 Å². The highest BCUT2D eigenvalue weighted by Gasteiger charge is 2.52. The lowest BCUT2D eigenvalue weighted by molar-refractivity contribution is -0.147. The van der Waals surface area contributed by atoms with Crippen LogP contribution < -0.4 is 11.5 Å². The predicted molar refractivity (Wildman–Crippen MR) is 45.5 cm³/mol. The summed E-state index contributed by atoms with van der Waals surface area (Å²) in [6.45, 7) is 0.616. The molecular weight excluding hydrogens is 170 g/mol. The number of nitrogens with two attached hydrogens (primary N) is 2. The highest BCUT2D eigenvalue weighted by atomic mass is 16.2. The molecule has 0 aromatic carbocycles. The topological polar surface area (TPSA) is 89.4 Å². The van der Waals surface area contributed by atoms with Crippen molar-refractivity contribution in [2.75, 3.05) is 6.54 Å². The zero-order chi connectivity index (χ0) is 9.64. The van der Waals surface area contributed by atoms with Crippen LogP contribution in [0.4, 0.5) is 0 Å². The van der Waals surface area contributed by atoms with E-state index in [-0.39, 0.29) is 5.91 Å². The maximum absolute atomic E-state index is 11.6. The van der Waals surface area contributed by atoms with Crippen molar-refractivity contribution in [3.05, 3.63) is 0 Å². The minimum absolute atomic E-state index is 0.109. The second kappa shape index (κ2) is 2.45. The molecule has 1 aliphatic heterocycles. The molecule has 1 aliphatic carbocycles. The van der Waals surface area contributed by atoms with Crippen LogP contribution in [0.15, 0.2) is 0 Å². The minimum Gasteiger partial charge on any atom is -0.368 e. The average Bonchev–Trinajstić information content (AvgIpc) is 2.65. The molecule has 1 saturated carbocycles. The third-order valence-electron chi connectivity index (χ3n) is 2.82. The summed E-state index contributed by atoms with van der Waals surface area (Å²) in [5.41, 5.74) is 10.2. The van der Waals surface area contributed by atoms with E-state index >= 15 is 0 Å². The van der Waals surface area contributed by atoms with Gasteiger partial charge in [-0.15, -0.1) is 0 Å². The summed E-state index contributed by atoms with van der Waals surface area (Å²) >= 11 is 0. The molecular formula is C8H13N3O2. The van der Waals surface area contributed by atoms with Gasteiger partial charge >= 0.3 is 0 Å². The Bertz CT molecular complexity index is 273. The van der Waals surface area contributed by atoms with Crippen LogP contribution in [0.1, 0.15) is 19.3 Å². The van der Waals surface area contributed by atoms with Crippen molar-refractivity contribution in [1.29, 1.82) is 0 Å². The van der Waals surface area contributed by atoms with Gasteiger partial charge in [0.05, 0.1) is 5.54 Å². The smallest absolute Gasteiger partial charge is 0.243 e. The summed E-state index contributed by atoms with van der Waals surface area (Å²) in [5.74, 6) is -0.536. The van der Waals surface area contributed by atoms with E-state index in [1.807, 2.05) is 0 Å². The second-order valence-electron chi connectivity index (χ2n) is 3.86. The van der Waals surface area contributed by atoms with Gasteiger partial charge in [0.2, 0.25) is 11.8 Å². The standard InChI is InChI=1S/C8H13N3O2/c9-6(12)5-1-4-11(5)7(13)8(10)2-3-8/h5H,1-4,10H2,(H2,9,12). The van der Waals surface area contributed by atoms with Crippen molar-refractivity contribution in [2.24, 2.45) is 11.5 Å². The monoisotopic (exact) mass is 183 g/mol. The van der Waals surface area contributed by atoms with Crippen LogP contribution in [-0.4, -0.2) is 34.8 Å². The molecule has 5 heteroatoms. The number of nitrogens with zero attached hydrogens (tertiary/aromatic N) is 1. The van der Waals surface area contributed by atoms with Gasteiger partial charge in [0.1, 0.15) is 6.04 Å². The first-order valence-electron chi connectivity index (χ1n) is 4.44. The number of carbonyl (C=O) groups excluding carboxylic acids is 2. The van der Waals surface area contributed by atoms with E-state index in [0.29, 0.717) is 13.0 Å². The van der Waals surface area contributed by atoms with E-state index in [4.69, 9.17) is 11.5 Å². The average molecular weight is 183 g/mol. The van der Waals surface area contributed by atoms with E-state index in [1.165, 1.54) is 4.90 Å². The normalized spacial score (nSPS) is 29.3. The minimum atomic E-state index is -0.672. The fraction of sp³-hybridized carbons (Fsp3) is 0.750. The van der Waals surface area contributed by atoms with Crippen molar-refractivity contribution in [1.82, 2.24) is 4.90 Å². The molecule has 0 spiro atoms. The van der Waals surface area contributed by atoms with Crippen molar-refractivity contribution >= 4 is 11.8 Å².